The molecular formula is C15H15N3O2. The molecule has 0 spiro atoms. The molecule has 20 heavy (non-hydrogen) atoms. The van der Waals surface area contributed by atoms with Gasteiger partial charge in [-0.05, 0) is 25.1 Å². The molecule has 0 radical (unpaired) electrons. The molecule has 0 fully saturated rings. The first-order valence-corrected chi connectivity index (χ1v) is 6.49. The number of aryl methyl sites for hydroxylation is 1. The van der Waals surface area contributed by atoms with Crippen LogP contribution in [0.15, 0.2) is 51.6 Å². The molecule has 5 heteroatoms. The van der Waals surface area contributed by atoms with E-state index in [0.717, 1.165) is 23.6 Å². The summed E-state index contributed by atoms with van der Waals surface area (Å²) in [6.45, 7) is 2.62. The van der Waals surface area contributed by atoms with Crippen LogP contribution in [0.4, 0.5) is 5.69 Å². The van der Waals surface area contributed by atoms with Crippen molar-refractivity contribution in [1.29, 1.82) is 0 Å². The maximum atomic E-state index is 5.24. The van der Waals surface area contributed by atoms with Gasteiger partial charge in [0.05, 0.1) is 11.8 Å². The lowest BCUT2D eigenvalue weighted by atomic mass is 10.2. The van der Waals surface area contributed by atoms with Crippen molar-refractivity contribution in [2.75, 3.05) is 11.9 Å². The maximum Gasteiger partial charge on any atom is 0.228 e. The van der Waals surface area contributed by atoms with Gasteiger partial charge in [0, 0.05) is 18.7 Å². The Bertz CT molecular complexity index is 673. The molecule has 1 aromatic carbocycles. The summed E-state index contributed by atoms with van der Waals surface area (Å²) in [6, 6.07) is 11.9. The molecule has 0 unspecified atom stereocenters. The third-order valence-corrected chi connectivity index (χ3v) is 3.01. The van der Waals surface area contributed by atoms with Crippen LogP contribution in [0, 0.1) is 6.92 Å². The molecular weight excluding hydrogens is 254 g/mol. The van der Waals surface area contributed by atoms with Crippen molar-refractivity contribution in [2.24, 2.45) is 0 Å². The molecule has 3 rings (SSSR count). The maximum absolute atomic E-state index is 5.24. The molecule has 0 aliphatic rings. The first kappa shape index (κ1) is 12.5. The zero-order valence-corrected chi connectivity index (χ0v) is 11.2. The van der Waals surface area contributed by atoms with Crippen LogP contribution in [-0.4, -0.2) is 16.7 Å². The highest BCUT2D eigenvalue weighted by atomic mass is 16.5. The molecule has 0 aliphatic heterocycles. The van der Waals surface area contributed by atoms with E-state index in [9.17, 15) is 0 Å². The standard InChI is InChI=1S/C15H15N3O2/c1-11-13(8-10-19-11)15-17-14(20-18-15)7-9-16-12-5-3-2-4-6-12/h2-6,8,10,16H,7,9H2,1H3. The fourth-order valence-electron chi connectivity index (χ4n) is 1.95. The van der Waals surface area contributed by atoms with Gasteiger partial charge in [0.25, 0.3) is 0 Å². The van der Waals surface area contributed by atoms with Crippen LogP contribution in [0.25, 0.3) is 11.4 Å². The average molecular weight is 269 g/mol. The zero-order valence-electron chi connectivity index (χ0n) is 11.2. The number of hydrogen-bond acceptors (Lipinski definition) is 5. The topological polar surface area (TPSA) is 64.1 Å². The Kier molecular flexibility index (Phi) is 3.50. The molecule has 2 aromatic heterocycles. The summed E-state index contributed by atoms with van der Waals surface area (Å²) in [5, 5.41) is 7.27. The van der Waals surface area contributed by atoms with E-state index in [-0.39, 0.29) is 0 Å². The van der Waals surface area contributed by atoms with Gasteiger partial charge in [-0.2, -0.15) is 4.98 Å². The van der Waals surface area contributed by atoms with Crippen LogP contribution < -0.4 is 5.32 Å². The van der Waals surface area contributed by atoms with Gasteiger partial charge in [-0.1, -0.05) is 23.4 Å². The molecule has 0 atom stereocenters. The van der Waals surface area contributed by atoms with Crippen molar-refractivity contribution < 1.29 is 8.94 Å². The van der Waals surface area contributed by atoms with Gasteiger partial charge in [0.2, 0.25) is 11.7 Å². The van der Waals surface area contributed by atoms with Gasteiger partial charge >= 0.3 is 0 Å². The molecule has 0 saturated heterocycles. The van der Waals surface area contributed by atoms with Crippen LogP contribution in [0.3, 0.4) is 0 Å². The van der Waals surface area contributed by atoms with Crippen LogP contribution in [0.5, 0.6) is 0 Å². The predicted molar refractivity (Wildman–Crippen MR) is 75.4 cm³/mol. The van der Waals surface area contributed by atoms with Crippen molar-refractivity contribution in [1.82, 2.24) is 10.1 Å². The van der Waals surface area contributed by atoms with Gasteiger partial charge in [-0.15, -0.1) is 0 Å². The highest BCUT2D eigenvalue weighted by molar-refractivity contribution is 5.56. The summed E-state index contributed by atoms with van der Waals surface area (Å²) in [4.78, 5) is 4.37. The number of para-hydroxylation sites is 1. The minimum atomic E-state index is 0.575. The Hall–Kier alpha value is -2.56. The SMILES string of the molecule is Cc1occc1-c1noc(CCNc2ccccc2)n1. The smallest absolute Gasteiger partial charge is 0.228 e. The van der Waals surface area contributed by atoms with E-state index >= 15 is 0 Å². The number of rotatable bonds is 5. The monoisotopic (exact) mass is 269 g/mol. The normalized spacial score (nSPS) is 10.7. The number of nitrogens with zero attached hydrogens (tertiary/aromatic N) is 2. The lowest BCUT2D eigenvalue weighted by Gasteiger charge is -2.02. The van der Waals surface area contributed by atoms with Crippen LogP contribution in [0.2, 0.25) is 0 Å². The second kappa shape index (κ2) is 5.61. The third-order valence-electron chi connectivity index (χ3n) is 3.01. The molecule has 1 N–H and O–H groups in total. The van der Waals surface area contributed by atoms with Crippen molar-refractivity contribution in [3.63, 3.8) is 0 Å². The fourth-order valence-corrected chi connectivity index (χ4v) is 1.95. The van der Waals surface area contributed by atoms with Crippen molar-refractivity contribution >= 4 is 5.69 Å². The van der Waals surface area contributed by atoms with E-state index in [2.05, 4.69) is 15.5 Å². The summed E-state index contributed by atoms with van der Waals surface area (Å²) in [5.74, 6) is 1.98. The summed E-state index contributed by atoms with van der Waals surface area (Å²) < 4.78 is 10.5. The van der Waals surface area contributed by atoms with E-state index < -0.39 is 0 Å². The van der Waals surface area contributed by atoms with Gasteiger partial charge in [-0.3, -0.25) is 0 Å². The Morgan fingerprint density at radius 2 is 2.00 bits per heavy atom. The fraction of sp³-hybridized carbons (Fsp3) is 0.200. The molecule has 0 amide bonds. The largest absolute Gasteiger partial charge is 0.469 e. The highest BCUT2D eigenvalue weighted by Crippen LogP contribution is 2.21. The summed E-state index contributed by atoms with van der Waals surface area (Å²) in [7, 11) is 0. The Balaban J connectivity index is 1.59. The minimum absolute atomic E-state index is 0.575. The van der Waals surface area contributed by atoms with Crippen molar-refractivity contribution in [3.8, 4) is 11.4 Å². The molecule has 0 aliphatic carbocycles. The number of benzene rings is 1. The Morgan fingerprint density at radius 1 is 1.15 bits per heavy atom. The second-order valence-corrected chi connectivity index (χ2v) is 4.44. The van der Waals surface area contributed by atoms with E-state index in [0.29, 0.717) is 18.1 Å². The van der Waals surface area contributed by atoms with E-state index in [4.69, 9.17) is 8.94 Å². The van der Waals surface area contributed by atoms with Gasteiger partial charge in [-0.25, -0.2) is 0 Å². The Morgan fingerprint density at radius 3 is 2.75 bits per heavy atom. The summed E-state index contributed by atoms with van der Waals surface area (Å²) in [5.41, 5.74) is 1.95. The number of anilines is 1. The minimum Gasteiger partial charge on any atom is -0.469 e. The van der Waals surface area contributed by atoms with Crippen molar-refractivity contribution in [3.05, 3.63) is 54.3 Å². The first-order valence-electron chi connectivity index (χ1n) is 6.49. The predicted octanol–water partition coefficient (Wildman–Crippen LogP) is 3.29. The zero-order chi connectivity index (χ0) is 13.8. The van der Waals surface area contributed by atoms with Crippen LogP contribution in [0.1, 0.15) is 11.7 Å². The molecule has 102 valence electrons. The average Bonchev–Trinajstić information content (AvgIpc) is 3.09. The van der Waals surface area contributed by atoms with Gasteiger partial charge < -0.3 is 14.3 Å². The van der Waals surface area contributed by atoms with E-state index in [1.54, 1.807) is 6.26 Å². The number of aromatic nitrogens is 2. The number of furan rings is 1. The van der Waals surface area contributed by atoms with Crippen LogP contribution in [-0.2, 0) is 6.42 Å². The highest BCUT2D eigenvalue weighted by Gasteiger charge is 2.12. The third kappa shape index (κ3) is 2.71. The van der Waals surface area contributed by atoms with Crippen molar-refractivity contribution in [2.45, 2.75) is 13.3 Å². The van der Waals surface area contributed by atoms with Crippen LogP contribution >= 0.6 is 0 Å². The van der Waals surface area contributed by atoms with E-state index in [1.165, 1.54) is 0 Å². The lowest BCUT2D eigenvalue weighted by Crippen LogP contribution is -2.04. The number of hydrogen-bond donors (Lipinski definition) is 1. The molecule has 5 nitrogen and oxygen atoms in total. The number of nitrogens with one attached hydrogen (secondary N) is 1. The lowest BCUT2D eigenvalue weighted by molar-refractivity contribution is 0.381. The first-order chi connectivity index (χ1) is 9.83. The molecule has 2 heterocycles. The Labute approximate surface area is 116 Å². The summed E-state index contributed by atoms with van der Waals surface area (Å²) in [6.07, 6.45) is 2.30. The molecule has 0 bridgehead atoms. The van der Waals surface area contributed by atoms with E-state index in [1.807, 2.05) is 43.3 Å². The van der Waals surface area contributed by atoms with Gasteiger partial charge in [0.1, 0.15) is 5.76 Å². The van der Waals surface area contributed by atoms with Gasteiger partial charge in [0.15, 0.2) is 0 Å². The summed E-state index contributed by atoms with van der Waals surface area (Å²) >= 11 is 0. The quantitative estimate of drug-likeness (QED) is 0.770. The molecule has 3 aromatic rings. The second-order valence-electron chi connectivity index (χ2n) is 4.44. The molecule has 0 saturated carbocycles.